The maximum absolute atomic E-state index is 12.4. The Labute approximate surface area is 197 Å². The van der Waals surface area contributed by atoms with Crippen LogP contribution in [0.15, 0.2) is 21.7 Å². The van der Waals surface area contributed by atoms with Crippen LogP contribution in [0.1, 0.15) is 44.7 Å². The van der Waals surface area contributed by atoms with Crippen molar-refractivity contribution in [3.8, 4) is 11.5 Å². The Morgan fingerprint density at radius 1 is 1.12 bits per heavy atom. The molecule has 0 bridgehead atoms. The lowest BCUT2D eigenvalue weighted by Gasteiger charge is -2.33. The fraction of sp³-hybridized carbons (Fsp3) is 0.542. The van der Waals surface area contributed by atoms with E-state index in [2.05, 4.69) is 25.2 Å². The van der Waals surface area contributed by atoms with Gasteiger partial charge in [-0.05, 0) is 70.7 Å². The first-order valence-corrected chi connectivity index (χ1v) is 11.6. The van der Waals surface area contributed by atoms with Gasteiger partial charge in [-0.2, -0.15) is 4.98 Å². The van der Waals surface area contributed by atoms with Crippen LogP contribution in [0.25, 0.3) is 22.6 Å². The number of carbonyl (C=O) groups is 1. The first-order valence-electron chi connectivity index (χ1n) is 11.6. The second-order valence-corrected chi connectivity index (χ2v) is 9.99. The number of H-pyrrole nitrogens is 1. The number of nitrogens with zero attached hydrogens (tertiary/aromatic N) is 4. The molecular weight excluding hydrogens is 436 g/mol. The topological polar surface area (TPSA) is 122 Å². The summed E-state index contributed by atoms with van der Waals surface area (Å²) in [5.41, 5.74) is 2.16. The van der Waals surface area contributed by atoms with Gasteiger partial charge in [0.1, 0.15) is 5.60 Å². The van der Waals surface area contributed by atoms with E-state index >= 15 is 0 Å². The molecule has 1 saturated heterocycles. The molecule has 10 heteroatoms. The molecule has 4 rings (SSSR count). The zero-order valence-electron chi connectivity index (χ0n) is 20.4. The van der Waals surface area contributed by atoms with E-state index in [-0.39, 0.29) is 17.8 Å². The minimum Gasteiger partial charge on any atom is -0.444 e. The summed E-state index contributed by atoms with van der Waals surface area (Å²) in [5, 5.41) is 2.96. The summed E-state index contributed by atoms with van der Waals surface area (Å²) in [6, 6.07) is 4.07. The Morgan fingerprint density at radius 3 is 2.47 bits per heavy atom. The number of ether oxygens (including phenoxy) is 1. The van der Waals surface area contributed by atoms with Crippen molar-refractivity contribution in [2.75, 3.05) is 19.6 Å². The predicted octanol–water partition coefficient (Wildman–Crippen LogP) is 2.19. The SMILES string of the molecule is Cc1cc2nc3c(=O)[nH]c(=O)nc-3n(CCN3CCC(NC(=O)OC(C)(C)C)CC3)c2cc1C. The lowest BCUT2D eigenvalue weighted by molar-refractivity contribution is 0.0478. The Balaban J connectivity index is 1.51. The first kappa shape index (κ1) is 23.9. The second kappa shape index (κ2) is 9.17. The summed E-state index contributed by atoms with van der Waals surface area (Å²) in [6.07, 6.45) is 1.26. The van der Waals surface area contributed by atoms with Gasteiger partial charge in [-0.15, -0.1) is 0 Å². The van der Waals surface area contributed by atoms with Gasteiger partial charge >= 0.3 is 11.8 Å². The van der Waals surface area contributed by atoms with Crippen LogP contribution in [-0.4, -0.2) is 61.8 Å². The van der Waals surface area contributed by atoms with E-state index in [0.29, 0.717) is 24.4 Å². The van der Waals surface area contributed by atoms with Crippen LogP contribution < -0.4 is 16.6 Å². The molecule has 2 N–H and O–H groups in total. The molecule has 0 unspecified atom stereocenters. The van der Waals surface area contributed by atoms with Crippen LogP contribution in [0, 0.1) is 13.8 Å². The summed E-state index contributed by atoms with van der Waals surface area (Å²) in [6.45, 7) is 12.5. The largest absolute Gasteiger partial charge is 0.444 e. The molecule has 182 valence electrons. The molecule has 1 fully saturated rings. The Morgan fingerprint density at radius 2 is 1.79 bits per heavy atom. The number of alkyl carbamates (subject to hydrolysis) is 1. The molecule has 10 nitrogen and oxygen atoms in total. The zero-order chi connectivity index (χ0) is 24.6. The molecule has 34 heavy (non-hydrogen) atoms. The molecule has 1 amide bonds. The quantitative estimate of drug-likeness (QED) is 0.563. The number of fused-ring (bicyclic) bond motifs is 2. The third kappa shape index (κ3) is 5.27. The van der Waals surface area contributed by atoms with Crippen molar-refractivity contribution in [2.45, 2.75) is 65.6 Å². The van der Waals surface area contributed by atoms with Crippen LogP contribution in [-0.2, 0) is 11.3 Å². The fourth-order valence-corrected chi connectivity index (χ4v) is 4.29. The van der Waals surface area contributed by atoms with Crippen molar-refractivity contribution in [1.29, 1.82) is 0 Å². The Bertz CT molecular complexity index is 1300. The van der Waals surface area contributed by atoms with E-state index < -0.39 is 16.9 Å². The Kier molecular flexibility index (Phi) is 6.44. The number of hydrogen-bond donors (Lipinski definition) is 2. The van der Waals surface area contributed by atoms with Crippen molar-refractivity contribution >= 4 is 17.1 Å². The van der Waals surface area contributed by atoms with Crippen LogP contribution in [0.5, 0.6) is 0 Å². The average Bonchev–Trinajstić information content (AvgIpc) is 2.73. The highest BCUT2D eigenvalue weighted by molar-refractivity contribution is 5.81. The molecule has 0 spiro atoms. The number of aryl methyl sites for hydroxylation is 2. The summed E-state index contributed by atoms with van der Waals surface area (Å²) in [5.74, 6) is 0.297. The molecule has 3 aliphatic heterocycles. The van der Waals surface area contributed by atoms with Crippen LogP contribution >= 0.6 is 0 Å². The van der Waals surface area contributed by atoms with Gasteiger partial charge in [0.25, 0.3) is 5.56 Å². The van der Waals surface area contributed by atoms with E-state index in [9.17, 15) is 14.4 Å². The van der Waals surface area contributed by atoms with E-state index in [0.717, 1.165) is 42.6 Å². The van der Waals surface area contributed by atoms with Crippen molar-refractivity contribution < 1.29 is 9.53 Å². The first-order chi connectivity index (χ1) is 16.0. The highest BCUT2D eigenvalue weighted by Crippen LogP contribution is 2.24. The third-order valence-electron chi connectivity index (χ3n) is 6.17. The van der Waals surface area contributed by atoms with Crippen LogP contribution in [0.3, 0.4) is 0 Å². The number of carbonyl (C=O) groups excluding carboxylic acids is 1. The molecule has 3 heterocycles. The van der Waals surface area contributed by atoms with Gasteiger partial charge in [-0.25, -0.2) is 14.6 Å². The molecule has 0 atom stereocenters. The van der Waals surface area contributed by atoms with Crippen molar-refractivity contribution in [1.82, 2.24) is 29.7 Å². The number of benzene rings is 1. The van der Waals surface area contributed by atoms with Crippen molar-refractivity contribution in [3.05, 3.63) is 44.1 Å². The lowest BCUT2D eigenvalue weighted by atomic mass is 10.1. The van der Waals surface area contributed by atoms with Gasteiger partial charge in [0.15, 0.2) is 11.5 Å². The van der Waals surface area contributed by atoms with Crippen molar-refractivity contribution in [3.63, 3.8) is 0 Å². The highest BCUT2D eigenvalue weighted by Gasteiger charge is 2.24. The molecule has 0 aromatic heterocycles. The summed E-state index contributed by atoms with van der Waals surface area (Å²) < 4.78 is 7.28. The summed E-state index contributed by atoms with van der Waals surface area (Å²) >= 11 is 0. The molecule has 0 radical (unpaired) electrons. The third-order valence-corrected chi connectivity index (χ3v) is 6.17. The number of nitrogens with one attached hydrogen (secondary N) is 2. The van der Waals surface area contributed by atoms with Gasteiger partial charge in [-0.3, -0.25) is 9.78 Å². The van der Waals surface area contributed by atoms with Crippen LogP contribution in [0.2, 0.25) is 0 Å². The molecule has 1 aromatic rings. The highest BCUT2D eigenvalue weighted by atomic mass is 16.6. The second-order valence-electron chi connectivity index (χ2n) is 9.99. The maximum atomic E-state index is 12.4. The van der Waals surface area contributed by atoms with E-state index in [1.54, 1.807) is 0 Å². The molecular formula is C24H32N6O4. The van der Waals surface area contributed by atoms with Gasteiger partial charge in [0.2, 0.25) is 0 Å². The smallest absolute Gasteiger partial charge is 0.407 e. The lowest BCUT2D eigenvalue weighted by Crippen LogP contribution is -2.46. The average molecular weight is 469 g/mol. The number of rotatable bonds is 4. The standard InChI is InChI=1S/C24H32N6O4/c1-14-12-17-18(13-15(14)2)30(20-19(26-17)21(31)28-22(32)27-20)11-10-29-8-6-16(7-9-29)25-23(33)34-24(3,4)5/h12-13,16H,6-11H2,1-5H3,(H,25,33)(H,28,31,32). The van der Waals surface area contributed by atoms with Crippen molar-refractivity contribution in [2.24, 2.45) is 0 Å². The minimum atomic E-state index is -0.676. The van der Waals surface area contributed by atoms with Gasteiger partial charge in [0.05, 0.1) is 11.0 Å². The summed E-state index contributed by atoms with van der Waals surface area (Å²) in [4.78, 5) is 49.6. The maximum Gasteiger partial charge on any atom is 0.407 e. The predicted molar refractivity (Wildman–Crippen MR) is 129 cm³/mol. The molecule has 0 saturated carbocycles. The van der Waals surface area contributed by atoms with Gasteiger partial charge < -0.3 is 19.5 Å². The van der Waals surface area contributed by atoms with Gasteiger partial charge in [0, 0.05) is 32.2 Å². The summed E-state index contributed by atoms with van der Waals surface area (Å²) in [7, 11) is 0. The fourth-order valence-electron chi connectivity index (χ4n) is 4.29. The number of piperidine rings is 1. The van der Waals surface area contributed by atoms with E-state index in [1.807, 2.05) is 51.3 Å². The monoisotopic (exact) mass is 468 g/mol. The molecule has 1 aromatic carbocycles. The minimum absolute atomic E-state index is 0.0789. The number of hydrogen-bond acceptors (Lipinski definition) is 7. The van der Waals surface area contributed by atoms with Crippen LogP contribution in [0.4, 0.5) is 4.79 Å². The zero-order valence-corrected chi connectivity index (χ0v) is 20.4. The van der Waals surface area contributed by atoms with Gasteiger partial charge in [-0.1, -0.05) is 0 Å². The number of amides is 1. The van der Waals surface area contributed by atoms with E-state index in [4.69, 9.17) is 4.74 Å². The molecule has 3 aliphatic rings. The number of aromatic nitrogens is 4. The number of likely N-dealkylation sites (tertiary alicyclic amines) is 1. The number of aromatic amines is 1. The normalized spacial score (nSPS) is 15.7. The Hall–Kier alpha value is -3.27. The molecule has 0 aliphatic carbocycles. The van der Waals surface area contributed by atoms with E-state index in [1.165, 1.54) is 0 Å².